The maximum absolute atomic E-state index is 13.4. The Labute approximate surface area is 211 Å². The Morgan fingerprint density at radius 3 is 2.17 bits per heavy atom. The first-order valence-electron chi connectivity index (χ1n) is 12.3. The van der Waals surface area contributed by atoms with E-state index < -0.39 is 0 Å². The minimum atomic E-state index is -0.154. The van der Waals surface area contributed by atoms with Gasteiger partial charge < -0.3 is 10.1 Å². The summed E-state index contributed by atoms with van der Waals surface area (Å²) < 4.78 is 5.83. The van der Waals surface area contributed by atoms with Gasteiger partial charge in [0.1, 0.15) is 11.4 Å². The number of benzene rings is 3. The first kappa shape index (κ1) is 24.8. The van der Waals surface area contributed by atoms with E-state index >= 15 is 0 Å². The molecule has 1 N–H and O–H groups in total. The number of nitrogens with one attached hydrogen (secondary N) is 1. The maximum atomic E-state index is 13.4. The van der Waals surface area contributed by atoms with Gasteiger partial charge in [0.25, 0.3) is 0 Å². The molecule has 1 aliphatic rings. The van der Waals surface area contributed by atoms with Gasteiger partial charge in [-0.2, -0.15) is 0 Å². The number of rotatable bonds is 12. The Kier molecular flexibility index (Phi) is 8.79. The van der Waals surface area contributed by atoms with Crippen LogP contribution in [0.1, 0.15) is 58.9 Å². The molecule has 3 aromatic rings. The predicted molar refractivity (Wildman–Crippen MR) is 144 cm³/mol. The summed E-state index contributed by atoms with van der Waals surface area (Å²) >= 11 is 1.44. The number of Topliss-reactive ketones (excluding diaryl/α,β-unsaturated/α-hetero) is 2. The highest BCUT2D eigenvalue weighted by Crippen LogP contribution is 2.34. The topological polar surface area (TPSA) is 55.4 Å². The molecule has 3 aromatic carbocycles. The second-order valence-electron chi connectivity index (χ2n) is 8.55. The summed E-state index contributed by atoms with van der Waals surface area (Å²) in [7, 11) is 0. The maximum Gasteiger partial charge on any atom is 0.211 e. The minimum absolute atomic E-state index is 0.104. The first-order valence-corrected chi connectivity index (χ1v) is 13.2. The average molecular weight is 486 g/mol. The van der Waals surface area contributed by atoms with Crippen LogP contribution in [0.2, 0.25) is 0 Å². The van der Waals surface area contributed by atoms with Gasteiger partial charge in [-0.25, -0.2) is 0 Å². The Morgan fingerprint density at radius 2 is 1.46 bits per heavy atom. The van der Waals surface area contributed by atoms with Gasteiger partial charge in [0.05, 0.1) is 11.5 Å². The quantitative estimate of drug-likeness (QED) is 0.272. The van der Waals surface area contributed by atoms with Crippen LogP contribution >= 0.6 is 11.8 Å². The van der Waals surface area contributed by atoms with Crippen molar-refractivity contribution in [3.05, 3.63) is 106 Å². The van der Waals surface area contributed by atoms with Gasteiger partial charge >= 0.3 is 0 Å². The van der Waals surface area contributed by atoms with Crippen LogP contribution in [0.25, 0.3) is 0 Å². The number of fused-ring (bicyclic) bond motifs is 1. The van der Waals surface area contributed by atoms with Crippen LogP contribution in [0.3, 0.4) is 0 Å². The lowest BCUT2D eigenvalue weighted by atomic mass is 9.92. The van der Waals surface area contributed by atoms with Crippen molar-refractivity contribution < 1.29 is 14.3 Å². The molecule has 5 heteroatoms. The predicted octanol–water partition coefficient (Wildman–Crippen LogP) is 7.32. The number of ketones is 2. The van der Waals surface area contributed by atoms with Crippen LogP contribution in [0.5, 0.6) is 5.75 Å². The summed E-state index contributed by atoms with van der Waals surface area (Å²) in [6.07, 6.45) is 5.46. The van der Waals surface area contributed by atoms with Gasteiger partial charge in [0, 0.05) is 22.6 Å². The SMILES string of the molecule is CCCCCCOc1ccc(NC2=C(SCCc3ccccc3)C(=O)c3ccccc3C2=O)cc1. The van der Waals surface area contributed by atoms with E-state index in [4.69, 9.17) is 4.74 Å². The summed E-state index contributed by atoms with van der Waals surface area (Å²) in [6.45, 7) is 2.89. The minimum Gasteiger partial charge on any atom is -0.494 e. The zero-order valence-electron chi connectivity index (χ0n) is 20.1. The summed E-state index contributed by atoms with van der Waals surface area (Å²) in [5, 5.41) is 3.24. The molecule has 0 saturated heterocycles. The number of anilines is 1. The zero-order chi connectivity index (χ0) is 24.5. The van der Waals surface area contributed by atoms with Crippen molar-refractivity contribution in [2.45, 2.75) is 39.0 Å². The van der Waals surface area contributed by atoms with Gasteiger partial charge in [-0.15, -0.1) is 11.8 Å². The molecule has 0 radical (unpaired) electrons. The molecule has 0 aromatic heterocycles. The van der Waals surface area contributed by atoms with E-state index in [-0.39, 0.29) is 11.6 Å². The molecule has 35 heavy (non-hydrogen) atoms. The second-order valence-corrected chi connectivity index (χ2v) is 9.66. The molecule has 1 aliphatic carbocycles. The van der Waals surface area contributed by atoms with E-state index in [1.165, 1.54) is 36.6 Å². The standard InChI is InChI=1S/C30H31NO3S/c1-2-3-4-10-20-34-24-17-15-23(16-18-24)31-27-28(32)25-13-8-9-14-26(25)29(33)30(27)35-21-19-22-11-6-5-7-12-22/h5-9,11-18,31H,2-4,10,19-21H2,1H3. The Bertz CT molecular complexity index is 1190. The highest BCUT2D eigenvalue weighted by Gasteiger charge is 2.32. The average Bonchev–Trinajstić information content (AvgIpc) is 2.90. The molecule has 0 atom stereocenters. The van der Waals surface area contributed by atoms with E-state index in [1.54, 1.807) is 24.3 Å². The third kappa shape index (κ3) is 6.43. The largest absolute Gasteiger partial charge is 0.494 e. The monoisotopic (exact) mass is 485 g/mol. The number of allylic oxidation sites excluding steroid dienone is 2. The van der Waals surface area contributed by atoms with E-state index in [1.807, 2.05) is 42.5 Å². The van der Waals surface area contributed by atoms with E-state index in [0.29, 0.717) is 34.1 Å². The molecule has 0 bridgehead atoms. The number of aryl methyl sites for hydroxylation is 1. The van der Waals surface area contributed by atoms with Crippen molar-refractivity contribution >= 4 is 29.0 Å². The molecule has 4 nitrogen and oxygen atoms in total. The van der Waals surface area contributed by atoms with Gasteiger partial charge in [-0.05, 0) is 42.7 Å². The van der Waals surface area contributed by atoms with Gasteiger partial charge in [0.2, 0.25) is 11.6 Å². The molecule has 0 heterocycles. The fraction of sp³-hybridized carbons (Fsp3) is 0.267. The lowest BCUT2D eigenvalue weighted by molar-refractivity contribution is 0.0982. The van der Waals surface area contributed by atoms with Crippen LogP contribution in [0.4, 0.5) is 5.69 Å². The fourth-order valence-corrected chi connectivity index (χ4v) is 5.09. The van der Waals surface area contributed by atoms with Crippen molar-refractivity contribution in [3.8, 4) is 5.75 Å². The van der Waals surface area contributed by atoms with Crippen LogP contribution in [-0.2, 0) is 6.42 Å². The van der Waals surface area contributed by atoms with Crippen molar-refractivity contribution in [1.82, 2.24) is 0 Å². The molecular formula is C30H31NO3S. The third-order valence-electron chi connectivity index (χ3n) is 5.95. The van der Waals surface area contributed by atoms with E-state index in [0.717, 1.165) is 24.3 Å². The molecular weight excluding hydrogens is 454 g/mol. The molecule has 180 valence electrons. The summed E-state index contributed by atoms with van der Waals surface area (Å²) in [5.41, 5.74) is 3.21. The molecule has 0 saturated carbocycles. The molecule has 0 spiro atoms. The highest BCUT2D eigenvalue weighted by atomic mass is 32.2. The van der Waals surface area contributed by atoms with E-state index in [2.05, 4.69) is 24.4 Å². The van der Waals surface area contributed by atoms with Gasteiger partial charge in [-0.3, -0.25) is 9.59 Å². The number of carbonyl (C=O) groups excluding carboxylic acids is 2. The number of carbonyl (C=O) groups is 2. The first-order chi connectivity index (χ1) is 17.2. The summed E-state index contributed by atoms with van der Waals surface area (Å²) in [5.74, 6) is 1.25. The zero-order valence-corrected chi connectivity index (χ0v) is 20.9. The fourth-order valence-electron chi connectivity index (χ4n) is 4.02. The van der Waals surface area contributed by atoms with Crippen LogP contribution in [0.15, 0.2) is 89.5 Å². The van der Waals surface area contributed by atoms with Crippen molar-refractivity contribution in [1.29, 1.82) is 0 Å². The van der Waals surface area contributed by atoms with Crippen molar-refractivity contribution in [2.24, 2.45) is 0 Å². The summed E-state index contributed by atoms with van der Waals surface area (Å²) in [6, 6.07) is 24.8. The van der Waals surface area contributed by atoms with Gasteiger partial charge in [-0.1, -0.05) is 80.8 Å². The number of hydrogen-bond donors (Lipinski definition) is 1. The second kappa shape index (κ2) is 12.4. The van der Waals surface area contributed by atoms with Crippen LogP contribution in [0, 0.1) is 0 Å². The number of thioether (sulfide) groups is 1. The molecule has 0 amide bonds. The van der Waals surface area contributed by atoms with Crippen LogP contribution in [-0.4, -0.2) is 23.9 Å². The molecule has 4 rings (SSSR count). The lowest BCUT2D eigenvalue weighted by Gasteiger charge is -2.22. The van der Waals surface area contributed by atoms with Crippen molar-refractivity contribution in [3.63, 3.8) is 0 Å². The Morgan fingerprint density at radius 1 is 0.771 bits per heavy atom. The van der Waals surface area contributed by atoms with E-state index in [9.17, 15) is 9.59 Å². The number of unbranched alkanes of at least 4 members (excludes halogenated alkanes) is 3. The lowest BCUT2D eigenvalue weighted by Crippen LogP contribution is -2.25. The Balaban J connectivity index is 1.50. The normalized spacial score (nSPS) is 13.1. The molecule has 0 aliphatic heterocycles. The van der Waals surface area contributed by atoms with Crippen LogP contribution < -0.4 is 10.1 Å². The smallest absolute Gasteiger partial charge is 0.211 e. The number of hydrogen-bond acceptors (Lipinski definition) is 5. The third-order valence-corrected chi connectivity index (χ3v) is 7.03. The number of ether oxygens (including phenoxy) is 1. The highest BCUT2D eigenvalue weighted by molar-refractivity contribution is 8.04. The van der Waals surface area contributed by atoms with Crippen molar-refractivity contribution in [2.75, 3.05) is 17.7 Å². The molecule has 0 unspecified atom stereocenters. The molecule has 0 fully saturated rings. The Hall–Kier alpha value is -3.31. The van der Waals surface area contributed by atoms with Gasteiger partial charge in [0.15, 0.2) is 0 Å². The summed E-state index contributed by atoms with van der Waals surface area (Å²) in [4.78, 5) is 27.2.